The van der Waals surface area contributed by atoms with E-state index >= 15 is 0 Å². The van der Waals surface area contributed by atoms with Crippen LogP contribution in [0.5, 0.6) is 0 Å². The summed E-state index contributed by atoms with van der Waals surface area (Å²) in [6.07, 6.45) is 7.87. The van der Waals surface area contributed by atoms with Crippen molar-refractivity contribution < 1.29 is 0 Å². The number of fused-ring (bicyclic) bond motifs is 1. The second-order valence-corrected chi connectivity index (χ2v) is 8.81. The van der Waals surface area contributed by atoms with Crippen LogP contribution in [0.25, 0.3) is 5.65 Å². The third-order valence-electron chi connectivity index (χ3n) is 5.86. The number of thiophene rings is 1. The average Bonchev–Trinajstić information content (AvgIpc) is 3.43. The molecule has 1 saturated heterocycles. The van der Waals surface area contributed by atoms with Crippen molar-refractivity contribution in [2.45, 2.75) is 31.8 Å². The number of nitrogens with zero attached hydrogens (tertiary/aromatic N) is 5. The van der Waals surface area contributed by atoms with Gasteiger partial charge in [0.15, 0.2) is 5.65 Å². The molecule has 1 aliphatic heterocycles. The van der Waals surface area contributed by atoms with Crippen molar-refractivity contribution >= 4 is 36.1 Å². The normalized spacial score (nSPS) is 15.6. The molecule has 30 heavy (non-hydrogen) atoms. The molecule has 8 heteroatoms. The Balaban J connectivity index is 1.33. The zero-order chi connectivity index (χ0) is 20.3. The minimum atomic E-state index is 0.488. The van der Waals surface area contributed by atoms with Crippen LogP contribution in [0.2, 0.25) is 0 Å². The van der Waals surface area contributed by atoms with Crippen LogP contribution in [0.3, 0.4) is 0 Å². The summed E-state index contributed by atoms with van der Waals surface area (Å²) in [6.45, 7) is 4.00. The van der Waals surface area contributed by atoms with Gasteiger partial charge in [-0.25, -0.2) is 4.98 Å². The van der Waals surface area contributed by atoms with Gasteiger partial charge in [0.1, 0.15) is 13.7 Å². The lowest BCUT2D eigenvalue weighted by Gasteiger charge is -2.31. The summed E-state index contributed by atoms with van der Waals surface area (Å²) in [5.74, 6) is 1.48. The summed E-state index contributed by atoms with van der Waals surface area (Å²) in [7, 11) is 2.08. The summed E-state index contributed by atoms with van der Waals surface area (Å²) in [4.78, 5) is 11.8. The highest BCUT2D eigenvalue weighted by Gasteiger charge is 2.23. The number of rotatable bonds is 6. The number of piperidine rings is 1. The lowest BCUT2D eigenvalue weighted by atomic mass is 9.92. The van der Waals surface area contributed by atoms with E-state index in [1.54, 1.807) is 17.5 Å². The van der Waals surface area contributed by atoms with Gasteiger partial charge in [0.2, 0.25) is 0 Å². The number of aromatic nitrogens is 4. The van der Waals surface area contributed by atoms with Crippen LogP contribution in [0.4, 0.5) is 5.82 Å². The molecule has 0 aromatic carbocycles. The first-order valence-electron chi connectivity index (χ1n) is 10.5. The zero-order valence-electron chi connectivity index (χ0n) is 17.2. The van der Waals surface area contributed by atoms with Crippen molar-refractivity contribution in [3.8, 4) is 0 Å². The Labute approximate surface area is 181 Å². The van der Waals surface area contributed by atoms with Crippen LogP contribution in [-0.4, -0.2) is 45.4 Å². The highest BCUT2D eigenvalue weighted by atomic mass is 32.1. The Morgan fingerprint density at radius 3 is 2.83 bits per heavy atom. The number of hydrogen-bond acceptors (Lipinski definition) is 6. The molecule has 4 aromatic heterocycles. The molecule has 0 aliphatic carbocycles. The van der Waals surface area contributed by atoms with E-state index in [9.17, 15) is 0 Å². The van der Waals surface area contributed by atoms with E-state index in [-0.39, 0.29) is 0 Å². The fourth-order valence-corrected chi connectivity index (χ4v) is 4.81. The average molecular weight is 416 g/mol. The Hall–Kier alpha value is -2.71. The molecule has 5 heterocycles. The monoisotopic (exact) mass is 416 g/mol. The quantitative estimate of drug-likeness (QED) is 0.490. The van der Waals surface area contributed by atoms with E-state index in [2.05, 4.69) is 57.1 Å². The minimum Gasteiger partial charge on any atom is -0.366 e. The van der Waals surface area contributed by atoms with Crippen molar-refractivity contribution in [2.24, 2.45) is 0 Å². The number of likely N-dealkylation sites (tertiary alicyclic amines) is 1. The van der Waals surface area contributed by atoms with Crippen LogP contribution < -0.4 is 10.8 Å². The van der Waals surface area contributed by atoms with E-state index in [0.29, 0.717) is 12.5 Å². The summed E-state index contributed by atoms with van der Waals surface area (Å²) >= 11 is 1.78. The molecule has 0 unspecified atom stereocenters. The molecule has 0 radical (unpaired) electrons. The SMILES string of the molecule is Bc1cnn2c(NCc3cccnc3)cc(C3CCN(Cc4ccsc4)CC3)nc12. The molecule has 0 bridgehead atoms. The first-order chi connectivity index (χ1) is 14.8. The predicted octanol–water partition coefficient (Wildman–Crippen LogP) is 2.44. The Morgan fingerprint density at radius 1 is 1.17 bits per heavy atom. The summed E-state index contributed by atoms with van der Waals surface area (Å²) < 4.78 is 1.92. The third kappa shape index (κ3) is 4.11. The Morgan fingerprint density at radius 2 is 2.07 bits per heavy atom. The van der Waals surface area contributed by atoms with Crippen molar-refractivity contribution in [3.63, 3.8) is 0 Å². The largest absolute Gasteiger partial charge is 0.366 e. The molecule has 0 amide bonds. The summed E-state index contributed by atoms with van der Waals surface area (Å²) in [5, 5.41) is 12.5. The number of nitrogens with one attached hydrogen (secondary N) is 1. The van der Waals surface area contributed by atoms with E-state index < -0.39 is 0 Å². The molecule has 0 atom stereocenters. The lowest BCUT2D eigenvalue weighted by Crippen LogP contribution is -2.32. The van der Waals surface area contributed by atoms with Crippen LogP contribution in [0.1, 0.15) is 35.6 Å². The van der Waals surface area contributed by atoms with Gasteiger partial charge in [-0.05, 0) is 65.4 Å². The smallest absolute Gasteiger partial charge is 0.151 e. The minimum absolute atomic E-state index is 0.488. The molecule has 5 rings (SSSR count). The van der Waals surface area contributed by atoms with Gasteiger partial charge < -0.3 is 5.32 Å². The van der Waals surface area contributed by atoms with E-state index in [1.807, 2.05) is 23.0 Å². The molecular weight excluding hydrogens is 391 g/mol. The van der Waals surface area contributed by atoms with Crippen molar-refractivity contribution in [2.75, 3.05) is 18.4 Å². The highest BCUT2D eigenvalue weighted by Crippen LogP contribution is 2.29. The molecule has 1 fully saturated rings. The van der Waals surface area contributed by atoms with Gasteiger partial charge in [0.25, 0.3) is 0 Å². The lowest BCUT2D eigenvalue weighted by molar-refractivity contribution is 0.203. The number of anilines is 1. The molecule has 4 aromatic rings. The fourth-order valence-electron chi connectivity index (χ4n) is 4.15. The summed E-state index contributed by atoms with van der Waals surface area (Å²) in [6, 6.07) is 8.47. The van der Waals surface area contributed by atoms with E-state index in [0.717, 1.165) is 55.0 Å². The first kappa shape index (κ1) is 19.3. The second kappa shape index (κ2) is 8.57. The van der Waals surface area contributed by atoms with Crippen LogP contribution >= 0.6 is 11.3 Å². The van der Waals surface area contributed by atoms with Gasteiger partial charge in [0, 0.05) is 49.4 Å². The predicted molar refractivity (Wildman–Crippen MR) is 124 cm³/mol. The van der Waals surface area contributed by atoms with Crippen LogP contribution in [0, 0.1) is 0 Å². The standard InChI is InChI=1S/C22H25BN6S/c23-19-13-26-29-21(25-12-16-2-1-6-24-11-16)10-20(27-22(19)29)18-3-7-28(8-4-18)14-17-5-9-30-15-17/h1-2,5-6,9-11,13,15,18,25H,3-4,7-8,12,14,23H2. The number of hydrogen-bond donors (Lipinski definition) is 1. The fraction of sp³-hybridized carbons (Fsp3) is 0.318. The maximum Gasteiger partial charge on any atom is 0.151 e. The molecule has 0 spiro atoms. The van der Waals surface area contributed by atoms with E-state index in [4.69, 9.17) is 4.98 Å². The first-order valence-corrected chi connectivity index (χ1v) is 11.4. The van der Waals surface area contributed by atoms with Crippen LogP contribution in [0.15, 0.2) is 53.6 Å². The molecule has 1 N–H and O–H groups in total. The van der Waals surface area contributed by atoms with Gasteiger partial charge in [-0.3, -0.25) is 9.88 Å². The van der Waals surface area contributed by atoms with Gasteiger partial charge >= 0.3 is 0 Å². The molecule has 152 valence electrons. The Bertz CT molecular complexity index is 1100. The van der Waals surface area contributed by atoms with Crippen LogP contribution in [-0.2, 0) is 13.1 Å². The van der Waals surface area contributed by atoms with Gasteiger partial charge in [0.05, 0.1) is 0 Å². The number of pyridine rings is 1. The topological polar surface area (TPSA) is 58.4 Å². The molecule has 0 saturated carbocycles. The molecule has 6 nitrogen and oxygen atoms in total. The molecular formula is C22H25BN6S. The summed E-state index contributed by atoms with van der Waals surface area (Å²) in [5.41, 5.74) is 5.80. The van der Waals surface area contributed by atoms with Crippen molar-refractivity contribution in [3.05, 3.63) is 70.4 Å². The maximum absolute atomic E-state index is 5.01. The highest BCUT2D eigenvalue weighted by molar-refractivity contribution is 7.07. The van der Waals surface area contributed by atoms with Crippen molar-refractivity contribution in [1.29, 1.82) is 0 Å². The van der Waals surface area contributed by atoms with Gasteiger partial charge in [-0.1, -0.05) is 6.07 Å². The van der Waals surface area contributed by atoms with Crippen molar-refractivity contribution in [1.82, 2.24) is 24.5 Å². The second-order valence-electron chi connectivity index (χ2n) is 8.03. The third-order valence-corrected chi connectivity index (χ3v) is 6.59. The molecule has 1 aliphatic rings. The Kier molecular flexibility index (Phi) is 5.51. The van der Waals surface area contributed by atoms with Gasteiger partial charge in [-0.2, -0.15) is 21.0 Å². The van der Waals surface area contributed by atoms with Gasteiger partial charge in [-0.15, -0.1) is 0 Å². The maximum atomic E-state index is 5.01. The van der Waals surface area contributed by atoms with E-state index in [1.165, 1.54) is 11.3 Å². The zero-order valence-corrected chi connectivity index (χ0v) is 18.0.